The number of hydrogen-bond acceptors (Lipinski definition) is 6. The lowest BCUT2D eigenvalue weighted by Crippen LogP contribution is -2.15. The van der Waals surface area contributed by atoms with E-state index < -0.39 is 10.9 Å². The average Bonchev–Trinajstić information content (AvgIpc) is 2.63. The van der Waals surface area contributed by atoms with Crippen LogP contribution in [0.5, 0.6) is 0 Å². The zero-order valence-electron chi connectivity index (χ0n) is 13.7. The van der Waals surface area contributed by atoms with E-state index in [0.717, 1.165) is 5.56 Å². The van der Waals surface area contributed by atoms with Crippen molar-refractivity contribution < 1.29 is 19.2 Å². The summed E-state index contributed by atoms with van der Waals surface area (Å²) in [5.74, 6) is -0.0965. The number of hydrogen-bond donors (Lipinski definition) is 1. The second kappa shape index (κ2) is 9.21. The lowest BCUT2D eigenvalue weighted by Gasteiger charge is -2.08. The third kappa shape index (κ3) is 5.47. The summed E-state index contributed by atoms with van der Waals surface area (Å²) in [6.45, 7) is 0. The maximum absolute atomic E-state index is 12.0. The molecule has 0 aliphatic carbocycles. The highest BCUT2D eigenvalue weighted by atomic mass is 35.5. The molecule has 0 atom stereocenters. The number of carbonyl (C=O) groups is 2. The first-order chi connectivity index (χ1) is 12.4. The number of non-ortho nitro benzene ring substituents is 1. The number of rotatable bonds is 7. The molecule has 0 aliphatic heterocycles. The molecule has 0 unspecified atom stereocenters. The number of benzene rings is 2. The molecule has 7 nitrogen and oxygen atoms in total. The predicted molar refractivity (Wildman–Crippen MR) is 101 cm³/mol. The molecular weight excluding hydrogens is 380 g/mol. The molecule has 9 heteroatoms. The second-order valence-electron chi connectivity index (χ2n) is 5.15. The molecule has 2 aromatic carbocycles. The Morgan fingerprint density at radius 1 is 1.23 bits per heavy atom. The van der Waals surface area contributed by atoms with Crippen LogP contribution >= 0.6 is 23.4 Å². The van der Waals surface area contributed by atoms with Gasteiger partial charge in [-0.3, -0.25) is 14.9 Å². The number of carbonyl (C=O) groups excluding carboxylic acids is 2. The smallest absolute Gasteiger partial charge is 0.339 e. The van der Waals surface area contributed by atoms with Crippen LogP contribution in [0.25, 0.3) is 0 Å². The highest BCUT2D eigenvalue weighted by molar-refractivity contribution is 7.99. The molecule has 0 saturated carbocycles. The summed E-state index contributed by atoms with van der Waals surface area (Å²) < 4.78 is 4.63. The Labute approximate surface area is 158 Å². The first kappa shape index (κ1) is 19.7. The molecular formula is C17H15ClN2O5S. The third-order valence-electron chi connectivity index (χ3n) is 3.30. The molecule has 136 valence electrons. The predicted octanol–water partition coefficient (Wildman–Crippen LogP) is 3.91. The molecule has 0 aliphatic rings. The largest absolute Gasteiger partial charge is 0.465 e. The van der Waals surface area contributed by atoms with E-state index in [0.29, 0.717) is 11.4 Å². The Morgan fingerprint density at radius 2 is 1.92 bits per heavy atom. The second-order valence-corrected chi connectivity index (χ2v) is 6.54. The van der Waals surface area contributed by atoms with Crippen LogP contribution in [0.15, 0.2) is 42.5 Å². The molecule has 0 fully saturated rings. The molecule has 1 amide bonds. The van der Waals surface area contributed by atoms with E-state index in [-0.39, 0.29) is 27.9 Å². The number of nitro benzene ring substituents is 1. The molecule has 0 heterocycles. The van der Waals surface area contributed by atoms with Gasteiger partial charge in [0, 0.05) is 23.6 Å². The van der Waals surface area contributed by atoms with Crippen LogP contribution in [0.3, 0.4) is 0 Å². The van der Waals surface area contributed by atoms with Gasteiger partial charge in [0.05, 0.1) is 28.4 Å². The van der Waals surface area contributed by atoms with Crippen LogP contribution in [0, 0.1) is 10.1 Å². The number of amides is 1. The number of methoxy groups -OCH3 is 1. The molecule has 0 spiro atoms. The lowest BCUT2D eigenvalue weighted by molar-refractivity contribution is -0.384. The SMILES string of the molecule is COC(=O)c1cc(NC(=O)CSCc2ccc([N+](=O)[O-])cc2)ccc1Cl. The Bertz CT molecular complexity index is 826. The molecule has 0 saturated heterocycles. The number of anilines is 1. The fourth-order valence-corrected chi connectivity index (χ4v) is 3.02. The number of esters is 1. The summed E-state index contributed by atoms with van der Waals surface area (Å²) in [6.07, 6.45) is 0. The van der Waals surface area contributed by atoms with Crippen LogP contribution in [-0.4, -0.2) is 29.7 Å². The third-order valence-corrected chi connectivity index (χ3v) is 4.64. The van der Waals surface area contributed by atoms with Crippen molar-refractivity contribution in [2.45, 2.75) is 5.75 Å². The number of halogens is 1. The Kier molecular flexibility index (Phi) is 6.99. The van der Waals surface area contributed by atoms with Crippen molar-refractivity contribution in [2.24, 2.45) is 0 Å². The summed E-state index contributed by atoms with van der Waals surface area (Å²) >= 11 is 7.30. The van der Waals surface area contributed by atoms with Crippen molar-refractivity contribution in [3.63, 3.8) is 0 Å². The van der Waals surface area contributed by atoms with Crippen molar-refractivity contribution >= 4 is 46.6 Å². The van der Waals surface area contributed by atoms with Crippen LogP contribution in [0.2, 0.25) is 5.02 Å². The standard InChI is InChI=1S/C17H15ClN2O5S/c1-25-17(22)14-8-12(4-7-15(14)18)19-16(21)10-26-9-11-2-5-13(6-3-11)20(23)24/h2-8H,9-10H2,1H3,(H,19,21). The summed E-state index contributed by atoms with van der Waals surface area (Å²) in [5, 5.41) is 13.5. The van der Waals surface area contributed by atoms with Crippen LogP contribution in [0.1, 0.15) is 15.9 Å². The summed E-state index contributed by atoms with van der Waals surface area (Å²) in [4.78, 5) is 33.8. The van der Waals surface area contributed by atoms with Gasteiger partial charge in [-0.05, 0) is 23.8 Å². The number of nitrogens with one attached hydrogen (secondary N) is 1. The fraction of sp³-hybridized carbons (Fsp3) is 0.176. The fourth-order valence-electron chi connectivity index (χ4n) is 2.04. The van der Waals surface area contributed by atoms with Crippen molar-refractivity contribution in [3.8, 4) is 0 Å². The van der Waals surface area contributed by atoms with Gasteiger partial charge in [0.25, 0.3) is 5.69 Å². The number of thioether (sulfide) groups is 1. The number of ether oxygens (including phenoxy) is 1. The molecule has 2 rings (SSSR count). The Hall–Kier alpha value is -2.58. The van der Waals surface area contributed by atoms with E-state index in [1.807, 2.05) is 0 Å². The molecule has 2 aromatic rings. The quantitative estimate of drug-likeness (QED) is 0.434. The van der Waals surface area contributed by atoms with E-state index in [2.05, 4.69) is 10.1 Å². The van der Waals surface area contributed by atoms with E-state index in [1.165, 1.54) is 43.1 Å². The van der Waals surface area contributed by atoms with E-state index in [9.17, 15) is 19.7 Å². The van der Waals surface area contributed by atoms with Gasteiger partial charge in [-0.2, -0.15) is 0 Å². The van der Waals surface area contributed by atoms with Crippen LogP contribution < -0.4 is 5.32 Å². The highest BCUT2D eigenvalue weighted by Gasteiger charge is 2.12. The molecule has 0 aromatic heterocycles. The molecule has 0 bridgehead atoms. The Morgan fingerprint density at radius 3 is 2.54 bits per heavy atom. The molecule has 1 N–H and O–H groups in total. The van der Waals surface area contributed by atoms with Crippen molar-refractivity contribution in [2.75, 3.05) is 18.2 Å². The zero-order valence-corrected chi connectivity index (χ0v) is 15.3. The van der Waals surface area contributed by atoms with Gasteiger partial charge in [-0.15, -0.1) is 11.8 Å². The normalized spacial score (nSPS) is 10.2. The first-order valence-corrected chi connectivity index (χ1v) is 8.92. The molecule has 26 heavy (non-hydrogen) atoms. The maximum atomic E-state index is 12.0. The lowest BCUT2D eigenvalue weighted by atomic mass is 10.2. The monoisotopic (exact) mass is 394 g/mol. The minimum absolute atomic E-state index is 0.0284. The average molecular weight is 395 g/mol. The summed E-state index contributed by atoms with van der Waals surface area (Å²) in [5.41, 5.74) is 1.52. The first-order valence-electron chi connectivity index (χ1n) is 7.39. The van der Waals surface area contributed by atoms with Crippen molar-refractivity contribution in [1.82, 2.24) is 0 Å². The van der Waals surface area contributed by atoms with Crippen molar-refractivity contribution in [3.05, 3.63) is 68.7 Å². The Balaban J connectivity index is 1.87. The zero-order chi connectivity index (χ0) is 19.1. The topological polar surface area (TPSA) is 98.5 Å². The van der Waals surface area contributed by atoms with Gasteiger partial charge >= 0.3 is 5.97 Å². The van der Waals surface area contributed by atoms with Gasteiger partial charge in [0.1, 0.15) is 0 Å². The highest BCUT2D eigenvalue weighted by Crippen LogP contribution is 2.22. The van der Waals surface area contributed by atoms with Gasteiger partial charge < -0.3 is 10.1 Å². The van der Waals surface area contributed by atoms with Crippen LogP contribution in [-0.2, 0) is 15.3 Å². The van der Waals surface area contributed by atoms with Crippen LogP contribution in [0.4, 0.5) is 11.4 Å². The van der Waals surface area contributed by atoms with Gasteiger partial charge in [-0.1, -0.05) is 23.7 Å². The van der Waals surface area contributed by atoms with E-state index in [4.69, 9.17) is 11.6 Å². The summed E-state index contributed by atoms with van der Waals surface area (Å²) in [7, 11) is 1.25. The van der Waals surface area contributed by atoms with Gasteiger partial charge in [-0.25, -0.2) is 4.79 Å². The van der Waals surface area contributed by atoms with Gasteiger partial charge in [0.15, 0.2) is 0 Å². The number of nitro groups is 1. The van der Waals surface area contributed by atoms with E-state index >= 15 is 0 Å². The summed E-state index contributed by atoms with van der Waals surface area (Å²) in [6, 6.07) is 10.7. The minimum Gasteiger partial charge on any atom is -0.465 e. The molecule has 0 radical (unpaired) electrons. The van der Waals surface area contributed by atoms with Gasteiger partial charge in [0.2, 0.25) is 5.91 Å². The number of nitrogens with zero attached hydrogens (tertiary/aromatic N) is 1. The minimum atomic E-state index is -0.585. The maximum Gasteiger partial charge on any atom is 0.339 e. The van der Waals surface area contributed by atoms with Crippen molar-refractivity contribution in [1.29, 1.82) is 0 Å². The van der Waals surface area contributed by atoms with E-state index in [1.54, 1.807) is 18.2 Å².